The lowest BCUT2D eigenvalue weighted by Gasteiger charge is -2.25. The number of anilines is 1. The van der Waals surface area contributed by atoms with Crippen LogP contribution >= 0.6 is 0 Å². The second-order valence-electron chi connectivity index (χ2n) is 6.85. The van der Waals surface area contributed by atoms with Gasteiger partial charge in [-0.3, -0.25) is 9.59 Å². The van der Waals surface area contributed by atoms with E-state index in [9.17, 15) is 18.8 Å². The number of carbonyl (C=O) groups excluding carboxylic acids is 3. The molecular formula is C21H25FN4O3. The van der Waals surface area contributed by atoms with Crippen molar-refractivity contribution in [3.05, 3.63) is 65.5 Å². The number of nitrogens with zero attached hydrogens (tertiary/aromatic N) is 2. The summed E-state index contributed by atoms with van der Waals surface area (Å²) in [6, 6.07) is 12.6. The SMILES string of the molecule is Cc1ccc(NC(=O)CNC(=O)CN(Cc2ccc(F)cc2)C(=O)N(C)C)cc1. The number of amides is 4. The summed E-state index contributed by atoms with van der Waals surface area (Å²) in [4.78, 5) is 39.3. The fourth-order valence-electron chi connectivity index (χ4n) is 2.53. The standard InChI is InChI=1S/C21H25FN4O3/c1-15-4-10-18(11-5-15)24-19(27)12-23-20(28)14-26(21(29)25(2)3)13-16-6-8-17(22)9-7-16/h4-11H,12-14H2,1-3H3,(H,23,28)(H,24,27). The van der Waals surface area contributed by atoms with E-state index < -0.39 is 5.91 Å². The largest absolute Gasteiger partial charge is 0.345 e. The Hall–Kier alpha value is -3.42. The summed E-state index contributed by atoms with van der Waals surface area (Å²) in [6.07, 6.45) is 0. The molecule has 0 aliphatic rings. The van der Waals surface area contributed by atoms with Crippen LogP contribution in [0, 0.1) is 12.7 Å². The summed E-state index contributed by atoms with van der Waals surface area (Å²) >= 11 is 0. The van der Waals surface area contributed by atoms with Gasteiger partial charge in [0.15, 0.2) is 0 Å². The molecule has 2 N–H and O–H groups in total. The van der Waals surface area contributed by atoms with Crippen LogP contribution < -0.4 is 10.6 Å². The molecule has 2 aromatic carbocycles. The highest BCUT2D eigenvalue weighted by Gasteiger charge is 2.19. The number of nitrogens with one attached hydrogen (secondary N) is 2. The van der Waals surface area contributed by atoms with E-state index in [1.165, 1.54) is 21.9 Å². The van der Waals surface area contributed by atoms with E-state index in [0.29, 0.717) is 11.3 Å². The number of aryl methyl sites for hydroxylation is 1. The van der Waals surface area contributed by atoms with Crippen molar-refractivity contribution in [3.63, 3.8) is 0 Å². The van der Waals surface area contributed by atoms with Crippen LogP contribution in [0.2, 0.25) is 0 Å². The second-order valence-corrected chi connectivity index (χ2v) is 6.85. The maximum Gasteiger partial charge on any atom is 0.320 e. The molecule has 2 aromatic rings. The third kappa shape index (κ3) is 7.25. The third-order valence-corrected chi connectivity index (χ3v) is 4.06. The minimum Gasteiger partial charge on any atom is -0.345 e. The maximum atomic E-state index is 13.1. The van der Waals surface area contributed by atoms with Crippen molar-refractivity contribution in [2.75, 3.05) is 32.5 Å². The molecule has 0 unspecified atom stereocenters. The molecule has 0 spiro atoms. The summed E-state index contributed by atoms with van der Waals surface area (Å²) in [7, 11) is 3.15. The lowest BCUT2D eigenvalue weighted by molar-refractivity contribution is -0.124. The molecule has 0 heterocycles. The second kappa shape index (κ2) is 10.2. The summed E-state index contributed by atoms with van der Waals surface area (Å²) in [5, 5.41) is 5.20. The lowest BCUT2D eigenvalue weighted by atomic mass is 10.2. The Morgan fingerprint density at radius 3 is 2.14 bits per heavy atom. The van der Waals surface area contributed by atoms with Gasteiger partial charge in [0.05, 0.1) is 6.54 Å². The molecule has 29 heavy (non-hydrogen) atoms. The van der Waals surface area contributed by atoms with Crippen molar-refractivity contribution in [1.29, 1.82) is 0 Å². The topological polar surface area (TPSA) is 81.8 Å². The van der Waals surface area contributed by atoms with E-state index in [1.54, 1.807) is 38.4 Å². The van der Waals surface area contributed by atoms with Gasteiger partial charge in [-0.15, -0.1) is 0 Å². The van der Waals surface area contributed by atoms with Crippen LogP contribution in [0.4, 0.5) is 14.9 Å². The van der Waals surface area contributed by atoms with E-state index in [1.807, 2.05) is 19.1 Å². The molecule has 0 saturated heterocycles. The molecule has 4 amide bonds. The van der Waals surface area contributed by atoms with Crippen LogP contribution in [-0.4, -0.2) is 54.8 Å². The molecule has 0 atom stereocenters. The molecular weight excluding hydrogens is 375 g/mol. The number of benzene rings is 2. The monoisotopic (exact) mass is 400 g/mol. The van der Waals surface area contributed by atoms with Gasteiger partial charge in [-0.1, -0.05) is 29.8 Å². The van der Waals surface area contributed by atoms with Gasteiger partial charge in [0.1, 0.15) is 12.4 Å². The van der Waals surface area contributed by atoms with Gasteiger partial charge in [0, 0.05) is 26.3 Å². The molecule has 154 valence electrons. The number of carbonyl (C=O) groups is 3. The minimum absolute atomic E-state index is 0.139. The van der Waals surface area contributed by atoms with E-state index in [2.05, 4.69) is 10.6 Å². The zero-order valence-corrected chi connectivity index (χ0v) is 16.7. The predicted octanol–water partition coefficient (Wildman–Crippen LogP) is 2.37. The number of urea groups is 1. The van der Waals surface area contributed by atoms with Crippen molar-refractivity contribution in [1.82, 2.24) is 15.1 Å². The Labute approximate surface area is 169 Å². The number of hydrogen-bond acceptors (Lipinski definition) is 3. The van der Waals surface area contributed by atoms with Crippen LogP contribution in [0.3, 0.4) is 0 Å². The molecule has 0 radical (unpaired) electrons. The van der Waals surface area contributed by atoms with Crippen LogP contribution in [-0.2, 0) is 16.1 Å². The smallest absolute Gasteiger partial charge is 0.320 e. The normalized spacial score (nSPS) is 10.2. The first-order valence-electron chi connectivity index (χ1n) is 9.08. The molecule has 8 heteroatoms. The fraction of sp³-hybridized carbons (Fsp3) is 0.286. The molecule has 0 fully saturated rings. The van der Waals surface area contributed by atoms with Crippen LogP contribution in [0.1, 0.15) is 11.1 Å². The number of halogens is 1. The molecule has 0 aromatic heterocycles. The number of rotatable bonds is 7. The minimum atomic E-state index is -0.471. The Balaban J connectivity index is 1.90. The van der Waals surface area contributed by atoms with Crippen molar-refractivity contribution in [3.8, 4) is 0 Å². The Morgan fingerprint density at radius 1 is 0.931 bits per heavy atom. The van der Waals surface area contributed by atoms with Crippen molar-refractivity contribution < 1.29 is 18.8 Å². The molecule has 0 aliphatic heterocycles. The first kappa shape index (κ1) is 21.9. The average Bonchev–Trinajstić information content (AvgIpc) is 2.68. The fourth-order valence-corrected chi connectivity index (χ4v) is 2.53. The Kier molecular flexibility index (Phi) is 7.70. The molecule has 0 bridgehead atoms. The highest BCUT2D eigenvalue weighted by Crippen LogP contribution is 2.09. The Morgan fingerprint density at radius 2 is 1.55 bits per heavy atom. The Bertz CT molecular complexity index is 851. The number of hydrogen-bond donors (Lipinski definition) is 2. The predicted molar refractivity (Wildman–Crippen MR) is 109 cm³/mol. The molecule has 7 nitrogen and oxygen atoms in total. The van der Waals surface area contributed by atoms with E-state index in [0.717, 1.165) is 5.56 Å². The lowest BCUT2D eigenvalue weighted by Crippen LogP contribution is -2.45. The van der Waals surface area contributed by atoms with E-state index in [-0.39, 0.29) is 37.4 Å². The quantitative estimate of drug-likeness (QED) is 0.749. The highest BCUT2D eigenvalue weighted by molar-refractivity contribution is 5.95. The molecule has 0 saturated carbocycles. The highest BCUT2D eigenvalue weighted by atomic mass is 19.1. The zero-order chi connectivity index (χ0) is 21.4. The van der Waals surface area contributed by atoms with Crippen LogP contribution in [0.25, 0.3) is 0 Å². The van der Waals surface area contributed by atoms with Crippen molar-refractivity contribution in [2.24, 2.45) is 0 Å². The van der Waals surface area contributed by atoms with Gasteiger partial charge in [-0.25, -0.2) is 9.18 Å². The van der Waals surface area contributed by atoms with Gasteiger partial charge >= 0.3 is 6.03 Å². The summed E-state index contributed by atoms with van der Waals surface area (Å²) in [6.45, 7) is 1.64. The summed E-state index contributed by atoms with van der Waals surface area (Å²) in [5.74, 6) is -1.22. The molecule has 0 aliphatic carbocycles. The van der Waals surface area contributed by atoms with Crippen molar-refractivity contribution in [2.45, 2.75) is 13.5 Å². The summed E-state index contributed by atoms with van der Waals surface area (Å²) < 4.78 is 13.1. The van der Waals surface area contributed by atoms with Gasteiger partial charge in [0.2, 0.25) is 11.8 Å². The van der Waals surface area contributed by atoms with E-state index in [4.69, 9.17) is 0 Å². The maximum absolute atomic E-state index is 13.1. The third-order valence-electron chi connectivity index (χ3n) is 4.06. The first-order valence-corrected chi connectivity index (χ1v) is 9.08. The van der Waals surface area contributed by atoms with E-state index >= 15 is 0 Å². The average molecular weight is 400 g/mol. The zero-order valence-electron chi connectivity index (χ0n) is 16.7. The van der Waals surface area contributed by atoms with Gasteiger partial charge in [-0.05, 0) is 36.8 Å². The molecule has 2 rings (SSSR count). The van der Waals surface area contributed by atoms with Crippen LogP contribution in [0.5, 0.6) is 0 Å². The van der Waals surface area contributed by atoms with Gasteiger partial charge in [-0.2, -0.15) is 0 Å². The van der Waals surface area contributed by atoms with Gasteiger partial charge < -0.3 is 20.4 Å². The van der Waals surface area contributed by atoms with Crippen molar-refractivity contribution >= 4 is 23.5 Å². The first-order chi connectivity index (χ1) is 13.7. The van der Waals surface area contributed by atoms with Gasteiger partial charge in [0.25, 0.3) is 0 Å². The van der Waals surface area contributed by atoms with Crippen LogP contribution in [0.15, 0.2) is 48.5 Å². The summed E-state index contributed by atoms with van der Waals surface area (Å²) in [5.41, 5.74) is 2.39.